The Morgan fingerprint density at radius 2 is 2.10 bits per heavy atom. The predicted octanol–water partition coefficient (Wildman–Crippen LogP) is 2.49. The van der Waals surface area contributed by atoms with Crippen LogP contribution < -0.4 is 0 Å². The van der Waals surface area contributed by atoms with Crippen molar-refractivity contribution in [2.24, 2.45) is 4.99 Å². The van der Waals surface area contributed by atoms with Gasteiger partial charge in [-0.15, -0.1) is 0 Å². The predicted molar refractivity (Wildman–Crippen MR) is 73.7 cm³/mol. The van der Waals surface area contributed by atoms with E-state index in [2.05, 4.69) is 35.3 Å². The van der Waals surface area contributed by atoms with E-state index in [1.807, 2.05) is 0 Å². The third-order valence-corrected chi connectivity index (χ3v) is 4.23. The normalized spacial score (nSPS) is 29.4. The van der Waals surface area contributed by atoms with Crippen molar-refractivity contribution < 1.29 is 14.3 Å². The summed E-state index contributed by atoms with van der Waals surface area (Å²) in [5.41, 5.74) is 4.58. The highest BCUT2D eigenvalue weighted by Gasteiger charge is 2.34. The summed E-state index contributed by atoms with van der Waals surface area (Å²) in [6.45, 7) is 0. The zero-order chi connectivity index (χ0) is 13.7. The minimum Gasteiger partial charge on any atom is -0.467 e. The molecule has 0 N–H and O–H groups in total. The Hall–Kier alpha value is -1.94. The van der Waals surface area contributed by atoms with Gasteiger partial charge in [-0.3, -0.25) is 4.99 Å². The van der Waals surface area contributed by atoms with Crippen LogP contribution in [-0.4, -0.2) is 24.8 Å². The number of carbonyl (C=O) groups is 1. The molecule has 0 spiro atoms. The van der Waals surface area contributed by atoms with Gasteiger partial charge in [0.1, 0.15) is 18.2 Å². The zero-order valence-corrected chi connectivity index (χ0v) is 11.2. The van der Waals surface area contributed by atoms with Crippen molar-refractivity contribution >= 4 is 11.7 Å². The summed E-state index contributed by atoms with van der Waals surface area (Å²) >= 11 is 0. The monoisotopic (exact) mass is 269 g/mol. The summed E-state index contributed by atoms with van der Waals surface area (Å²) in [7, 11) is 1.41. The average molecular weight is 269 g/mol. The van der Waals surface area contributed by atoms with Gasteiger partial charge in [0, 0.05) is 5.71 Å². The molecule has 0 saturated carbocycles. The molecule has 0 saturated heterocycles. The van der Waals surface area contributed by atoms with Gasteiger partial charge in [-0.05, 0) is 35.6 Å². The second-order valence-electron chi connectivity index (χ2n) is 5.36. The Balaban J connectivity index is 1.65. The number of hydrogen-bond acceptors (Lipinski definition) is 4. The lowest BCUT2D eigenvalue weighted by molar-refractivity contribution is -0.141. The molecule has 3 heterocycles. The number of ether oxygens (including phenoxy) is 2. The van der Waals surface area contributed by atoms with E-state index in [0.29, 0.717) is 0 Å². The first kappa shape index (κ1) is 11.9. The molecule has 0 radical (unpaired) electrons. The van der Waals surface area contributed by atoms with E-state index in [9.17, 15) is 4.79 Å². The van der Waals surface area contributed by atoms with Gasteiger partial charge in [-0.1, -0.05) is 24.3 Å². The van der Waals surface area contributed by atoms with E-state index in [1.54, 1.807) is 0 Å². The van der Waals surface area contributed by atoms with Crippen LogP contribution >= 0.6 is 0 Å². The number of methoxy groups -OCH3 is 1. The number of fused-ring (bicyclic) bond motifs is 5. The molecule has 0 aromatic heterocycles. The van der Waals surface area contributed by atoms with Gasteiger partial charge in [-0.2, -0.15) is 0 Å². The highest BCUT2D eigenvalue weighted by Crippen LogP contribution is 2.46. The van der Waals surface area contributed by atoms with Crippen LogP contribution in [0.15, 0.2) is 35.3 Å². The Labute approximate surface area is 117 Å². The fourth-order valence-corrected chi connectivity index (χ4v) is 3.18. The molecule has 3 aliphatic heterocycles. The quantitative estimate of drug-likeness (QED) is 0.612. The fraction of sp³-hybridized carbons (Fsp3) is 0.375. The molecule has 2 bridgehead atoms. The minimum absolute atomic E-state index is 0.0911. The second-order valence-corrected chi connectivity index (χ2v) is 5.36. The number of nitrogens with zero attached hydrogens (tertiary/aromatic N) is 1. The zero-order valence-electron chi connectivity index (χ0n) is 11.2. The van der Waals surface area contributed by atoms with Crippen LogP contribution in [-0.2, 0) is 14.3 Å². The van der Waals surface area contributed by atoms with E-state index in [0.717, 1.165) is 24.1 Å². The fourth-order valence-electron chi connectivity index (χ4n) is 3.18. The molecule has 1 aromatic rings. The number of benzene rings is 1. The maximum absolute atomic E-state index is 11.5. The van der Waals surface area contributed by atoms with Gasteiger partial charge in [0.15, 0.2) is 0 Å². The van der Waals surface area contributed by atoms with E-state index in [4.69, 9.17) is 9.47 Å². The Kier molecular flexibility index (Phi) is 2.54. The summed E-state index contributed by atoms with van der Waals surface area (Å²) in [5.74, 6) is -0.244. The smallest absolute Gasteiger partial charge is 0.330 e. The molecule has 0 amide bonds. The van der Waals surface area contributed by atoms with Crippen molar-refractivity contribution in [3.63, 3.8) is 0 Å². The third kappa shape index (κ3) is 1.64. The first-order valence-electron chi connectivity index (χ1n) is 6.89. The van der Waals surface area contributed by atoms with E-state index >= 15 is 0 Å². The SMILES string of the molecule is COC(=O)C1CCC(c2ccc3c(c2)C2C=CC3O2)=N1. The van der Waals surface area contributed by atoms with E-state index in [1.165, 1.54) is 18.2 Å². The summed E-state index contributed by atoms with van der Waals surface area (Å²) < 4.78 is 10.6. The molecule has 4 rings (SSSR count). The molecule has 20 heavy (non-hydrogen) atoms. The molecule has 0 aliphatic carbocycles. The Bertz CT molecular complexity index is 647. The molecular formula is C16H15NO3. The van der Waals surface area contributed by atoms with Crippen LogP contribution in [0.1, 0.15) is 41.7 Å². The van der Waals surface area contributed by atoms with Gasteiger partial charge in [-0.25, -0.2) is 4.79 Å². The molecule has 4 heteroatoms. The summed E-state index contributed by atoms with van der Waals surface area (Å²) in [5, 5.41) is 0. The number of esters is 1. The topological polar surface area (TPSA) is 47.9 Å². The van der Waals surface area contributed by atoms with Gasteiger partial charge in [0.05, 0.1) is 7.11 Å². The molecule has 3 aliphatic rings. The van der Waals surface area contributed by atoms with Crippen LogP contribution in [0, 0.1) is 0 Å². The van der Waals surface area contributed by atoms with Gasteiger partial charge in [0.25, 0.3) is 0 Å². The number of rotatable bonds is 2. The van der Waals surface area contributed by atoms with Crippen molar-refractivity contribution in [3.05, 3.63) is 47.0 Å². The second kappa shape index (κ2) is 4.28. The van der Waals surface area contributed by atoms with Gasteiger partial charge < -0.3 is 9.47 Å². The molecule has 0 fully saturated rings. The molecular weight excluding hydrogens is 254 g/mol. The van der Waals surface area contributed by atoms with Crippen LogP contribution in [0.5, 0.6) is 0 Å². The van der Waals surface area contributed by atoms with Crippen LogP contribution in [0.4, 0.5) is 0 Å². The number of carbonyl (C=O) groups excluding carboxylic acids is 1. The molecule has 1 aromatic carbocycles. The molecule has 3 atom stereocenters. The average Bonchev–Trinajstić information content (AvgIpc) is 3.21. The van der Waals surface area contributed by atoms with Crippen molar-refractivity contribution in [1.29, 1.82) is 0 Å². The third-order valence-electron chi connectivity index (χ3n) is 4.23. The lowest BCUT2D eigenvalue weighted by Gasteiger charge is -2.09. The van der Waals surface area contributed by atoms with Gasteiger partial charge in [0.2, 0.25) is 0 Å². The standard InChI is InChI=1S/C16H15NO3/c1-19-16(18)13-5-4-12(17-13)9-2-3-10-11(8-9)15-7-6-14(10)20-15/h2-3,6-8,13-15H,4-5H2,1H3. The Morgan fingerprint density at radius 1 is 1.30 bits per heavy atom. The van der Waals surface area contributed by atoms with Crippen LogP contribution in [0.25, 0.3) is 0 Å². The highest BCUT2D eigenvalue weighted by molar-refractivity contribution is 6.03. The minimum atomic E-state index is -0.337. The van der Waals surface area contributed by atoms with E-state index < -0.39 is 0 Å². The first-order chi connectivity index (χ1) is 9.76. The van der Waals surface area contributed by atoms with Gasteiger partial charge >= 0.3 is 5.97 Å². The molecule has 3 unspecified atom stereocenters. The van der Waals surface area contributed by atoms with Crippen molar-refractivity contribution in [2.75, 3.05) is 7.11 Å². The van der Waals surface area contributed by atoms with E-state index in [-0.39, 0.29) is 24.2 Å². The maximum atomic E-state index is 11.5. The number of aliphatic imine (C=N–C) groups is 1. The van der Waals surface area contributed by atoms with Crippen LogP contribution in [0.3, 0.4) is 0 Å². The highest BCUT2D eigenvalue weighted by atomic mass is 16.5. The maximum Gasteiger partial charge on any atom is 0.330 e. The summed E-state index contributed by atoms with van der Waals surface area (Å²) in [6.07, 6.45) is 5.98. The lowest BCUT2D eigenvalue weighted by atomic mass is 9.93. The van der Waals surface area contributed by atoms with Crippen molar-refractivity contribution in [1.82, 2.24) is 0 Å². The lowest BCUT2D eigenvalue weighted by Crippen LogP contribution is -2.16. The van der Waals surface area contributed by atoms with Crippen molar-refractivity contribution in [3.8, 4) is 0 Å². The van der Waals surface area contributed by atoms with Crippen LogP contribution in [0.2, 0.25) is 0 Å². The summed E-state index contributed by atoms with van der Waals surface area (Å²) in [4.78, 5) is 16.0. The first-order valence-corrected chi connectivity index (χ1v) is 6.89. The Morgan fingerprint density at radius 3 is 2.90 bits per heavy atom. The number of hydrogen-bond donors (Lipinski definition) is 0. The largest absolute Gasteiger partial charge is 0.467 e. The summed E-state index contributed by atoms with van der Waals surface area (Å²) in [6, 6.07) is 6.01. The van der Waals surface area contributed by atoms with Crippen molar-refractivity contribution in [2.45, 2.75) is 31.1 Å². The molecule has 4 nitrogen and oxygen atoms in total. The molecule has 102 valence electrons.